The molecule has 148 valence electrons. The summed E-state index contributed by atoms with van der Waals surface area (Å²) in [4.78, 5) is 30.6. The van der Waals surface area contributed by atoms with Crippen LogP contribution in [0.3, 0.4) is 0 Å². The first kappa shape index (κ1) is 19.9. The van der Waals surface area contributed by atoms with Crippen LogP contribution in [0.1, 0.15) is 48.8 Å². The molecular formula is C22H33N3O2. The van der Waals surface area contributed by atoms with Crippen molar-refractivity contribution in [3.63, 3.8) is 0 Å². The Kier molecular flexibility index (Phi) is 6.89. The van der Waals surface area contributed by atoms with E-state index in [1.165, 1.54) is 16.7 Å². The minimum atomic E-state index is 0.246. The average Bonchev–Trinajstić information content (AvgIpc) is 2.91. The second-order valence-electron chi connectivity index (χ2n) is 8.03. The second-order valence-corrected chi connectivity index (χ2v) is 8.03. The van der Waals surface area contributed by atoms with Crippen LogP contribution >= 0.6 is 0 Å². The molecule has 0 atom stereocenters. The molecule has 0 aliphatic carbocycles. The zero-order valence-electron chi connectivity index (χ0n) is 16.9. The molecule has 1 aromatic rings. The fourth-order valence-electron chi connectivity index (χ4n) is 4.11. The molecule has 2 heterocycles. The fourth-order valence-corrected chi connectivity index (χ4v) is 4.11. The minimum absolute atomic E-state index is 0.246. The minimum Gasteiger partial charge on any atom is -0.343 e. The number of hydrogen-bond acceptors (Lipinski definition) is 3. The predicted octanol–water partition coefficient (Wildman–Crippen LogP) is 2.74. The maximum atomic E-state index is 12.6. The van der Waals surface area contributed by atoms with E-state index < -0.39 is 0 Å². The highest BCUT2D eigenvalue weighted by atomic mass is 16.2. The van der Waals surface area contributed by atoms with Crippen molar-refractivity contribution >= 4 is 11.8 Å². The van der Waals surface area contributed by atoms with Gasteiger partial charge in [-0.2, -0.15) is 0 Å². The highest BCUT2D eigenvalue weighted by Crippen LogP contribution is 2.16. The van der Waals surface area contributed by atoms with Crippen LogP contribution < -0.4 is 0 Å². The van der Waals surface area contributed by atoms with Crippen LogP contribution in [0.15, 0.2) is 18.2 Å². The maximum Gasteiger partial charge on any atom is 0.222 e. The molecule has 2 fully saturated rings. The Morgan fingerprint density at radius 3 is 2.67 bits per heavy atom. The van der Waals surface area contributed by atoms with E-state index in [1.54, 1.807) is 0 Å². The van der Waals surface area contributed by atoms with Gasteiger partial charge in [0.05, 0.1) is 0 Å². The Balaban J connectivity index is 1.44. The average molecular weight is 372 g/mol. The van der Waals surface area contributed by atoms with Gasteiger partial charge in [0.2, 0.25) is 11.8 Å². The van der Waals surface area contributed by atoms with Crippen LogP contribution in [0, 0.1) is 13.8 Å². The van der Waals surface area contributed by atoms with Gasteiger partial charge in [-0.25, -0.2) is 0 Å². The van der Waals surface area contributed by atoms with Gasteiger partial charge in [-0.05, 0) is 44.2 Å². The summed E-state index contributed by atoms with van der Waals surface area (Å²) in [6.07, 6.45) is 4.01. The zero-order valence-corrected chi connectivity index (χ0v) is 16.9. The molecule has 0 N–H and O–H groups in total. The SMILES string of the molecule is Cc1ccc(C)c(CN2CCCN(C(=O)CCCN3CCCC3=O)CC2)c1. The van der Waals surface area contributed by atoms with Crippen molar-refractivity contribution in [3.05, 3.63) is 34.9 Å². The van der Waals surface area contributed by atoms with Crippen molar-refractivity contribution in [1.82, 2.24) is 14.7 Å². The van der Waals surface area contributed by atoms with Crippen molar-refractivity contribution in [1.29, 1.82) is 0 Å². The summed E-state index contributed by atoms with van der Waals surface area (Å²) in [5.74, 6) is 0.495. The van der Waals surface area contributed by atoms with E-state index in [2.05, 4.69) is 36.9 Å². The van der Waals surface area contributed by atoms with Gasteiger partial charge in [0, 0.05) is 58.7 Å². The van der Waals surface area contributed by atoms with E-state index >= 15 is 0 Å². The maximum absolute atomic E-state index is 12.6. The van der Waals surface area contributed by atoms with Gasteiger partial charge in [0.25, 0.3) is 0 Å². The van der Waals surface area contributed by atoms with Crippen molar-refractivity contribution < 1.29 is 9.59 Å². The van der Waals surface area contributed by atoms with Gasteiger partial charge in [-0.3, -0.25) is 14.5 Å². The number of amides is 2. The van der Waals surface area contributed by atoms with Crippen molar-refractivity contribution in [2.45, 2.75) is 52.5 Å². The number of aryl methyl sites for hydroxylation is 2. The molecular weight excluding hydrogens is 338 g/mol. The van der Waals surface area contributed by atoms with E-state index in [9.17, 15) is 9.59 Å². The summed E-state index contributed by atoms with van der Waals surface area (Å²) < 4.78 is 0. The monoisotopic (exact) mass is 371 g/mol. The van der Waals surface area contributed by atoms with Gasteiger partial charge >= 0.3 is 0 Å². The quantitative estimate of drug-likeness (QED) is 0.772. The highest BCUT2D eigenvalue weighted by Gasteiger charge is 2.22. The van der Waals surface area contributed by atoms with Crippen LogP contribution in [0.25, 0.3) is 0 Å². The summed E-state index contributed by atoms with van der Waals surface area (Å²) in [7, 11) is 0. The van der Waals surface area contributed by atoms with Crippen LogP contribution in [0.4, 0.5) is 0 Å². The third-order valence-electron chi connectivity index (χ3n) is 5.83. The lowest BCUT2D eigenvalue weighted by molar-refractivity contribution is -0.132. The Hall–Kier alpha value is -1.88. The number of benzene rings is 1. The fraction of sp³-hybridized carbons (Fsp3) is 0.636. The molecule has 0 saturated carbocycles. The number of rotatable bonds is 6. The lowest BCUT2D eigenvalue weighted by atomic mass is 10.1. The van der Waals surface area contributed by atoms with Gasteiger partial charge in [-0.15, -0.1) is 0 Å². The number of carbonyl (C=O) groups is 2. The molecule has 2 amide bonds. The molecule has 0 radical (unpaired) electrons. The topological polar surface area (TPSA) is 43.9 Å². The van der Waals surface area contributed by atoms with Gasteiger partial charge in [-0.1, -0.05) is 23.8 Å². The molecule has 0 unspecified atom stereocenters. The predicted molar refractivity (Wildman–Crippen MR) is 107 cm³/mol. The van der Waals surface area contributed by atoms with E-state index in [-0.39, 0.29) is 11.8 Å². The molecule has 2 aliphatic heterocycles. The number of nitrogens with zero attached hydrogens (tertiary/aromatic N) is 3. The summed E-state index contributed by atoms with van der Waals surface area (Å²) in [6.45, 7) is 10.5. The number of likely N-dealkylation sites (tertiary alicyclic amines) is 1. The van der Waals surface area contributed by atoms with E-state index in [0.29, 0.717) is 12.8 Å². The van der Waals surface area contributed by atoms with E-state index in [4.69, 9.17) is 0 Å². The summed E-state index contributed by atoms with van der Waals surface area (Å²) in [6, 6.07) is 6.64. The summed E-state index contributed by atoms with van der Waals surface area (Å²) in [5.41, 5.74) is 4.04. The molecule has 2 aliphatic rings. The van der Waals surface area contributed by atoms with Crippen molar-refractivity contribution in [2.75, 3.05) is 39.3 Å². The summed E-state index contributed by atoms with van der Waals surface area (Å²) >= 11 is 0. The summed E-state index contributed by atoms with van der Waals surface area (Å²) in [5, 5.41) is 0. The van der Waals surface area contributed by atoms with Crippen LogP contribution in [0.5, 0.6) is 0 Å². The molecule has 0 bridgehead atoms. The third-order valence-corrected chi connectivity index (χ3v) is 5.83. The molecule has 2 saturated heterocycles. The molecule has 27 heavy (non-hydrogen) atoms. The lowest BCUT2D eigenvalue weighted by Crippen LogP contribution is -2.35. The Morgan fingerprint density at radius 2 is 1.89 bits per heavy atom. The molecule has 5 heteroatoms. The Labute approximate surface area is 163 Å². The van der Waals surface area contributed by atoms with Crippen LogP contribution in [-0.2, 0) is 16.1 Å². The molecule has 3 rings (SSSR count). The second kappa shape index (κ2) is 9.36. The van der Waals surface area contributed by atoms with Crippen molar-refractivity contribution in [3.8, 4) is 0 Å². The van der Waals surface area contributed by atoms with Gasteiger partial charge in [0.1, 0.15) is 0 Å². The van der Waals surface area contributed by atoms with E-state index in [0.717, 1.165) is 65.1 Å². The highest BCUT2D eigenvalue weighted by molar-refractivity contribution is 5.78. The Bertz CT molecular complexity index is 674. The molecule has 1 aromatic carbocycles. The van der Waals surface area contributed by atoms with Crippen molar-refractivity contribution in [2.24, 2.45) is 0 Å². The Morgan fingerprint density at radius 1 is 1.04 bits per heavy atom. The normalized spacial score (nSPS) is 18.8. The smallest absolute Gasteiger partial charge is 0.222 e. The first-order valence-corrected chi connectivity index (χ1v) is 10.4. The standard InChI is InChI=1S/C22H33N3O2/c1-18-8-9-19(2)20(16-18)17-23-10-5-13-25(15-14-23)22(27)7-4-12-24-11-3-6-21(24)26/h8-9,16H,3-7,10-15,17H2,1-2H3. The molecule has 0 spiro atoms. The van der Waals surface area contributed by atoms with Crippen LogP contribution in [0.2, 0.25) is 0 Å². The number of hydrogen-bond donors (Lipinski definition) is 0. The van der Waals surface area contributed by atoms with Crippen LogP contribution in [-0.4, -0.2) is 65.8 Å². The largest absolute Gasteiger partial charge is 0.343 e. The van der Waals surface area contributed by atoms with Gasteiger partial charge < -0.3 is 9.80 Å². The first-order chi connectivity index (χ1) is 13.0. The first-order valence-electron chi connectivity index (χ1n) is 10.4. The number of carbonyl (C=O) groups excluding carboxylic acids is 2. The molecule has 0 aromatic heterocycles. The zero-order chi connectivity index (χ0) is 19.2. The third kappa shape index (κ3) is 5.55. The van der Waals surface area contributed by atoms with E-state index in [1.807, 2.05) is 9.80 Å². The lowest BCUT2D eigenvalue weighted by Gasteiger charge is -2.23. The van der Waals surface area contributed by atoms with Gasteiger partial charge in [0.15, 0.2) is 0 Å². The molecule has 5 nitrogen and oxygen atoms in total.